The number of benzene rings is 2. The van der Waals surface area contributed by atoms with Gasteiger partial charge >= 0.3 is 5.97 Å². The van der Waals surface area contributed by atoms with Crippen molar-refractivity contribution < 1.29 is 19.3 Å². The number of amides is 1. The van der Waals surface area contributed by atoms with Crippen molar-refractivity contribution >= 4 is 44.9 Å². The van der Waals surface area contributed by atoms with Crippen molar-refractivity contribution in [1.82, 2.24) is 0 Å². The van der Waals surface area contributed by atoms with E-state index in [1.165, 1.54) is 12.1 Å². The molecule has 9 heteroatoms. The summed E-state index contributed by atoms with van der Waals surface area (Å²) in [6.45, 7) is 6.06. The number of hydrogen-bond acceptors (Lipinski definition) is 6. The number of nitrogens with one attached hydrogen (secondary N) is 1. The van der Waals surface area contributed by atoms with Gasteiger partial charge in [0, 0.05) is 22.4 Å². The Balaban J connectivity index is 1.60. The first-order valence-corrected chi connectivity index (χ1v) is 11.4. The van der Waals surface area contributed by atoms with Crippen molar-refractivity contribution in [2.45, 2.75) is 40.0 Å². The van der Waals surface area contributed by atoms with E-state index in [0.717, 1.165) is 4.47 Å². The van der Waals surface area contributed by atoms with Gasteiger partial charge in [0.25, 0.3) is 5.69 Å². The van der Waals surface area contributed by atoms with Crippen LogP contribution in [0.5, 0.6) is 0 Å². The predicted octanol–water partition coefficient (Wildman–Crippen LogP) is 5.73. The monoisotopic (exact) mass is 513 g/mol. The quantitative estimate of drug-likeness (QED) is 0.312. The summed E-state index contributed by atoms with van der Waals surface area (Å²) in [7, 11) is 0. The lowest BCUT2D eigenvalue weighted by atomic mass is 9.64. The molecule has 2 saturated carbocycles. The number of oxime groups is 1. The van der Waals surface area contributed by atoms with E-state index in [1.807, 2.05) is 20.8 Å². The number of carbonyl (C=O) groups excluding carboxylic acids is 2. The molecule has 0 radical (unpaired) electrons. The minimum atomic E-state index is -0.825. The average Bonchev–Trinajstić information content (AvgIpc) is 3.09. The molecule has 2 aliphatic carbocycles. The average molecular weight is 514 g/mol. The summed E-state index contributed by atoms with van der Waals surface area (Å²) in [4.78, 5) is 42.2. The predicted molar refractivity (Wildman–Crippen MR) is 127 cm³/mol. The number of carbonyl (C=O) groups is 2. The number of anilines is 1. The topological polar surface area (TPSA) is 111 Å². The van der Waals surface area contributed by atoms with Gasteiger partial charge in [0.1, 0.15) is 5.69 Å². The third-order valence-electron chi connectivity index (χ3n) is 7.84. The lowest BCUT2D eigenvalue weighted by Gasteiger charge is -2.39. The van der Waals surface area contributed by atoms with Gasteiger partial charge < -0.3 is 10.2 Å². The number of rotatable bonds is 5. The summed E-state index contributed by atoms with van der Waals surface area (Å²) in [6.07, 6.45) is 1.62. The summed E-state index contributed by atoms with van der Waals surface area (Å²) >= 11 is 3.33. The molecule has 2 bridgehead atoms. The molecule has 4 rings (SSSR count). The van der Waals surface area contributed by atoms with Crippen molar-refractivity contribution in [1.29, 1.82) is 0 Å². The third kappa shape index (κ3) is 3.55. The van der Waals surface area contributed by atoms with Crippen molar-refractivity contribution in [3.8, 4) is 0 Å². The fourth-order valence-electron chi connectivity index (χ4n) is 5.24. The van der Waals surface area contributed by atoms with Crippen molar-refractivity contribution in [3.05, 3.63) is 68.7 Å². The van der Waals surface area contributed by atoms with Gasteiger partial charge in [-0.25, -0.2) is 4.79 Å². The Morgan fingerprint density at radius 2 is 1.76 bits per heavy atom. The molecule has 0 saturated heterocycles. The Kier molecular flexibility index (Phi) is 5.64. The van der Waals surface area contributed by atoms with Gasteiger partial charge in [-0.2, -0.15) is 0 Å². The lowest BCUT2D eigenvalue weighted by Crippen LogP contribution is -2.43. The molecule has 0 aromatic heterocycles. The molecule has 2 atom stereocenters. The first-order valence-electron chi connectivity index (χ1n) is 10.6. The molecule has 8 nitrogen and oxygen atoms in total. The summed E-state index contributed by atoms with van der Waals surface area (Å²) in [5.74, 6) is -0.854. The molecular formula is C24H24BrN3O5. The van der Waals surface area contributed by atoms with E-state index in [1.54, 1.807) is 36.4 Å². The Hall–Kier alpha value is -3.07. The molecule has 2 aromatic carbocycles. The van der Waals surface area contributed by atoms with Gasteiger partial charge in [-0.15, -0.1) is 0 Å². The van der Waals surface area contributed by atoms with Gasteiger partial charge in [-0.05, 0) is 48.6 Å². The largest absolute Gasteiger partial charge is 0.365 e. The molecule has 2 fully saturated rings. The van der Waals surface area contributed by atoms with Gasteiger partial charge in [-0.1, -0.05) is 54.0 Å². The van der Waals surface area contributed by atoms with Crippen LogP contribution in [0.1, 0.15) is 50.4 Å². The second-order valence-electron chi connectivity index (χ2n) is 9.37. The first-order chi connectivity index (χ1) is 15.5. The highest BCUT2D eigenvalue weighted by Gasteiger charge is 2.71. The number of nitrogens with zero attached hydrogens (tertiary/aromatic N) is 2. The Bertz CT molecular complexity index is 1180. The van der Waals surface area contributed by atoms with Crippen LogP contribution in [0, 0.1) is 26.4 Å². The van der Waals surface area contributed by atoms with E-state index in [4.69, 9.17) is 4.84 Å². The minimum absolute atomic E-state index is 0.156. The molecule has 172 valence electrons. The van der Waals surface area contributed by atoms with E-state index in [-0.39, 0.29) is 17.3 Å². The highest BCUT2D eigenvalue weighted by molar-refractivity contribution is 9.10. The fraction of sp³-hybridized carbons (Fsp3) is 0.375. The smallest absolute Gasteiger partial charge is 0.320 e. The van der Waals surface area contributed by atoms with E-state index < -0.39 is 27.1 Å². The number of para-hydroxylation sites is 2. The van der Waals surface area contributed by atoms with E-state index >= 15 is 0 Å². The van der Waals surface area contributed by atoms with E-state index in [9.17, 15) is 19.7 Å². The molecule has 2 aliphatic rings. The molecular weight excluding hydrogens is 490 g/mol. The molecule has 0 aliphatic heterocycles. The first kappa shape index (κ1) is 23.1. The summed E-state index contributed by atoms with van der Waals surface area (Å²) < 4.78 is 0.847. The van der Waals surface area contributed by atoms with Gasteiger partial charge in [0.05, 0.1) is 21.6 Å². The van der Waals surface area contributed by atoms with Crippen LogP contribution >= 0.6 is 15.9 Å². The fourth-order valence-corrected chi connectivity index (χ4v) is 5.50. The van der Waals surface area contributed by atoms with Crippen molar-refractivity contribution in [3.63, 3.8) is 0 Å². The van der Waals surface area contributed by atoms with Crippen LogP contribution in [0.15, 0.2) is 58.2 Å². The van der Waals surface area contributed by atoms with Crippen LogP contribution in [0.25, 0.3) is 0 Å². The van der Waals surface area contributed by atoms with Crippen LogP contribution in [-0.4, -0.2) is 22.5 Å². The standard InChI is InChI=1S/C24H24BrN3O5/c1-22(2)23(3)12-13-24(22,21(30)26-17-6-4-5-7-18(17)28(31)32)14-19(23)27-33-20(29)15-8-10-16(25)11-9-15/h4-11H,12-14H2,1-3H3,(H,26,30)/b27-19+. The number of nitro groups is 1. The number of halogens is 1. The lowest BCUT2D eigenvalue weighted by molar-refractivity contribution is -0.383. The molecule has 1 amide bonds. The van der Waals surface area contributed by atoms with Crippen LogP contribution in [0.4, 0.5) is 11.4 Å². The van der Waals surface area contributed by atoms with Gasteiger partial charge in [0.15, 0.2) is 0 Å². The number of hydrogen-bond donors (Lipinski definition) is 1. The normalized spacial score (nSPS) is 26.2. The van der Waals surface area contributed by atoms with Crippen LogP contribution in [0.3, 0.4) is 0 Å². The summed E-state index contributed by atoms with van der Waals surface area (Å²) in [5.41, 5.74) is -0.743. The van der Waals surface area contributed by atoms with Crippen LogP contribution in [-0.2, 0) is 9.63 Å². The maximum Gasteiger partial charge on any atom is 0.365 e. The minimum Gasteiger partial charge on any atom is -0.320 e. The Labute approximate surface area is 199 Å². The zero-order valence-electron chi connectivity index (χ0n) is 18.6. The molecule has 2 unspecified atom stereocenters. The number of nitro benzene ring substituents is 1. The zero-order valence-corrected chi connectivity index (χ0v) is 20.1. The van der Waals surface area contributed by atoms with Crippen molar-refractivity contribution in [2.75, 3.05) is 5.32 Å². The second kappa shape index (κ2) is 8.06. The SMILES string of the molecule is CC12CCC(C(=O)Nc3ccccc3[N+](=O)[O-])(C/C1=N\OC(=O)c1ccc(Br)cc1)C2(C)C. The molecule has 0 spiro atoms. The summed E-state index contributed by atoms with van der Waals surface area (Å²) in [5, 5.41) is 18.4. The Morgan fingerprint density at radius 3 is 2.42 bits per heavy atom. The van der Waals surface area contributed by atoms with Gasteiger partial charge in [-0.3, -0.25) is 14.9 Å². The highest BCUT2D eigenvalue weighted by atomic mass is 79.9. The van der Waals surface area contributed by atoms with Crippen LogP contribution in [0.2, 0.25) is 0 Å². The molecule has 33 heavy (non-hydrogen) atoms. The molecule has 0 heterocycles. The maximum atomic E-state index is 13.6. The maximum absolute atomic E-state index is 13.6. The highest BCUT2D eigenvalue weighted by Crippen LogP contribution is 2.71. The number of fused-ring (bicyclic) bond motifs is 2. The van der Waals surface area contributed by atoms with Crippen molar-refractivity contribution in [2.24, 2.45) is 21.4 Å². The second-order valence-corrected chi connectivity index (χ2v) is 10.3. The molecule has 2 aromatic rings. The third-order valence-corrected chi connectivity index (χ3v) is 8.36. The van der Waals surface area contributed by atoms with Crippen LogP contribution < -0.4 is 5.32 Å². The summed E-state index contributed by atoms with van der Waals surface area (Å²) in [6, 6.07) is 12.9. The van der Waals surface area contributed by atoms with E-state index in [2.05, 4.69) is 26.4 Å². The molecule has 1 N–H and O–H groups in total. The Morgan fingerprint density at radius 1 is 1.09 bits per heavy atom. The van der Waals surface area contributed by atoms with Gasteiger partial charge in [0.2, 0.25) is 5.91 Å². The van der Waals surface area contributed by atoms with E-state index in [0.29, 0.717) is 30.5 Å². The zero-order chi connectivity index (χ0) is 24.0.